The van der Waals surface area contributed by atoms with E-state index in [-0.39, 0.29) is 18.5 Å². The van der Waals surface area contributed by atoms with Gasteiger partial charge in [-0.3, -0.25) is 14.4 Å². The van der Waals surface area contributed by atoms with Crippen molar-refractivity contribution in [3.05, 3.63) is 16.4 Å². The number of nitrogens with one attached hydrogen (secondary N) is 2. The number of aryl methyl sites for hydroxylation is 2. The second kappa shape index (κ2) is 4.46. The summed E-state index contributed by atoms with van der Waals surface area (Å²) < 4.78 is 1.54. The molecule has 0 aliphatic carbocycles. The third-order valence-corrected chi connectivity index (χ3v) is 4.46. The van der Waals surface area contributed by atoms with Crippen molar-refractivity contribution in [2.45, 2.75) is 25.4 Å². The van der Waals surface area contributed by atoms with Gasteiger partial charge in [0, 0.05) is 19.2 Å². The average molecular weight is 298 g/mol. The average Bonchev–Trinajstić information content (AvgIpc) is 3.01. The molecule has 3 rings (SSSR count). The molecule has 2 aliphatic rings. The van der Waals surface area contributed by atoms with E-state index in [1.807, 2.05) is 6.92 Å². The smallest absolute Gasteiger partial charge is 0.322 e. The molecular formula is C12H16ClN5O2. The summed E-state index contributed by atoms with van der Waals surface area (Å²) >= 11 is 6.16. The van der Waals surface area contributed by atoms with E-state index in [0.717, 1.165) is 12.2 Å². The molecule has 1 aromatic rings. The van der Waals surface area contributed by atoms with Crippen molar-refractivity contribution in [1.29, 1.82) is 0 Å². The van der Waals surface area contributed by atoms with E-state index in [9.17, 15) is 9.59 Å². The van der Waals surface area contributed by atoms with Gasteiger partial charge in [-0.1, -0.05) is 11.6 Å². The van der Waals surface area contributed by atoms with Crippen LogP contribution in [0.5, 0.6) is 0 Å². The van der Waals surface area contributed by atoms with E-state index in [2.05, 4.69) is 15.7 Å². The first kappa shape index (κ1) is 13.4. The number of hydrogen-bond acceptors (Lipinski definition) is 4. The van der Waals surface area contributed by atoms with Crippen molar-refractivity contribution in [3.63, 3.8) is 0 Å². The first-order valence-corrected chi connectivity index (χ1v) is 6.85. The molecule has 0 bridgehead atoms. The van der Waals surface area contributed by atoms with Gasteiger partial charge in [0.25, 0.3) is 5.91 Å². The summed E-state index contributed by atoms with van der Waals surface area (Å²) in [6.45, 7) is 3.18. The fraction of sp³-hybridized carbons (Fsp3) is 0.583. The Bertz CT molecular complexity index is 591. The molecule has 2 aliphatic heterocycles. The van der Waals surface area contributed by atoms with Crippen LogP contribution in [0, 0.1) is 6.92 Å². The van der Waals surface area contributed by atoms with Crippen molar-refractivity contribution in [2.24, 2.45) is 7.05 Å². The van der Waals surface area contributed by atoms with Crippen LogP contribution in [0.15, 0.2) is 0 Å². The van der Waals surface area contributed by atoms with E-state index >= 15 is 0 Å². The number of carbonyl (C=O) groups is 2. The fourth-order valence-electron chi connectivity index (χ4n) is 2.81. The van der Waals surface area contributed by atoms with E-state index in [4.69, 9.17) is 11.6 Å². The summed E-state index contributed by atoms with van der Waals surface area (Å²) in [5.41, 5.74) is 0.656. The molecule has 0 aromatic carbocycles. The predicted octanol–water partition coefficient (Wildman–Crippen LogP) is 0.166. The quantitative estimate of drug-likeness (QED) is 0.763. The number of aromatic nitrogens is 2. The van der Waals surface area contributed by atoms with Crippen molar-refractivity contribution in [1.82, 2.24) is 25.3 Å². The van der Waals surface area contributed by atoms with Crippen LogP contribution in [-0.2, 0) is 18.4 Å². The predicted molar refractivity (Wildman–Crippen MR) is 72.3 cm³/mol. The van der Waals surface area contributed by atoms with E-state index in [0.29, 0.717) is 23.7 Å². The highest BCUT2D eigenvalue weighted by Gasteiger charge is 2.52. The van der Waals surface area contributed by atoms with Gasteiger partial charge in [0.1, 0.15) is 10.7 Å². The van der Waals surface area contributed by atoms with Gasteiger partial charge in [0.2, 0.25) is 0 Å². The van der Waals surface area contributed by atoms with Gasteiger partial charge in [0.15, 0.2) is 0 Å². The molecule has 7 nitrogen and oxygen atoms in total. The Balaban J connectivity index is 1.88. The number of amides is 3. The van der Waals surface area contributed by atoms with Crippen LogP contribution >= 0.6 is 11.6 Å². The number of halogens is 1. The molecule has 3 amide bonds. The Morgan fingerprint density at radius 3 is 2.75 bits per heavy atom. The number of imide groups is 1. The van der Waals surface area contributed by atoms with Crippen LogP contribution in [0.1, 0.15) is 17.7 Å². The Kier molecular flexibility index (Phi) is 2.98. The van der Waals surface area contributed by atoms with Crippen LogP contribution in [0.2, 0.25) is 5.15 Å². The largest absolute Gasteiger partial charge is 0.325 e. The molecule has 0 saturated carbocycles. The van der Waals surface area contributed by atoms with Crippen LogP contribution in [0.3, 0.4) is 0 Å². The third-order valence-electron chi connectivity index (χ3n) is 3.99. The third kappa shape index (κ3) is 1.81. The van der Waals surface area contributed by atoms with E-state index in [1.54, 1.807) is 7.05 Å². The Labute approximate surface area is 121 Å². The molecule has 1 aromatic heterocycles. The maximum absolute atomic E-state index is 12.5. The molecule has 2 saturated heterocycles. The first-order valence-electron chi connectivity index (χ1n) is 6.47. The Morgan fingerprint density at radius 2 is 2.20 bits per heavy atom. The fourth-order valence-corrected chi connectivity index (χ4v) is 3.05. The summed E-state index contributed by atoms with van der Waals surface area (Å²) in [5.74, 6) is -0.188. The first-order chi connectivity index (χ1) is 9.44. The number of rotatable bonds is 2. The lowest BCUT2D eigenvalue weighted by molar-refractivity contribution is -0.131. The van der Waals surface area contributed by atoms with Gasteiger partial charge in [0.05, 0.1) is 12.2 Å². The van der Waals surface area contributed by atoms with Crippen LogP contribution in [-0.4, -0.2) is 45.2 Å². The normalized spacial score (nSPS) is 25.9. The van der Waals surface area contributed by atoms with E-state index < -0.39 is 5.54 Å². The van der Waals surface area contributed by atoms with Crippen molar-refractivity contribution in [2.75, 3.05) is 13.1 Å². The number of hydrogen-bond donors (Lipinski definition) is 2. The molecule has 1 unspecified atom stereocenters. The molecule has 108 valence electrons. The van der Waals surface area contributed by atoms with Gasteiger partial charge >= 0.3 is 6.03 Å². The number of nitrogens with zero attached hydrogens (tertiary/aromatic N) is 3. The van der Waals surface area contributed by atoms with Gasteiger partial charge < -0.3 is 10.6 Å². The second-order valence-corrected chi connectivity index (χ2v) is 5.67. The molecule has 3 heterocycles. The molecule has 2 fully saturated rings. The minimum absolute atomic E-state index is 0.158. The summed E-state index contributed by atoms with van der Waals surface area (Å²) in [4.78, 5) is 25.8. The minimum atomic E-state index is -0.778. The topological polar surface area (TPSA) is 79.3 Å². The van der Waals surface area contributed by atoms with Gasteiger partial charge in [-0.15, -0.1) is 0 Å². The molecule has 1 spiro atoms. The highest BCUT2D eigenvalue weighted by molar-refractivity contribution is 6.30. The summed E-state index contributed by atoms with van der Waals surface area (Å²) in [5, 5.41) is 10.6. The number of carbonyl (C=O) groups excluding carboxylic acids is 2. The highest BCUT2D eigenvalue weighted by Crippen LogP contribution is 2.28. The molecule has 20 heavy (non-hydrogen) atoms. The zero-order valence-corrected chi connectivity index (χ0v) is 12.1. The van der Waals surface area contributed by atoms with Crippen LogP contribution in [0.4, 0.5) is 4.79 Å². The highest BCUT2D eigenvalue weighted by atomic mass is 35.5. The van der Waals surface area contributed by atoms with Crippen molar-refractivity contribution >= 4 is 23.5 Å². The molecule has 2 N–H and O–H groups in total. The van der Waals surface area contributed by atoms with Gasteiger partial charge in [-0.05, 0) is 19.9 Å². The Hall–Kier alpha value is -1.60. The summed E-state index contributed by atoms with van der Waals surface area (Å²) in [6.07, 6.45) is 0.619. The maximum Gasteiger partial charge on any atom is 0.325 e. The molecule has 1 atom stereocenters. The monoisotopic (exact) mass is 297 g/mol. The van der Waals surface area contributed by atoms with Crippen molar-refractivity contribution < 1.29 is 9.59 Å². The maximum atomic E-state index is 12.5. The van der Waals surface area contributed by atoms with E-state index in [1.165, 1.54) is 9.58 Å². The van der Waals surface area contributed by atoms with Crippen molar-refractivity contribution in [3.8, 4) is 0 Å². The summed E-state index contributed by atoms with van der Waals surface area (Å²) in [6, 6.07) is -0.363. The lowest BCUT2D eigenvalue weighted by Gasteiger charge is -2.19. The molecule has 8 heteroatoms. The zero-order valence-electron chi connectivity index (χ0n) is 11.4. The second-order valence-electron chi connectivity index (χ2n) is 5.31. The standard InChI is InChI=1S/C12H16ClN5O2/c1-7-8(9(13)17(2)16-7)5-18-10(19)12(15-11(18)20)3-4-14-6-12/h14H,3-6H2,1-2H3,(H,15,20). The summed E-state index contributed by atoms with van der Waals surface area (Å²) in [7, 11) is 1.73. The van der Waals surface area contributed by atoms with Crippen LogP contribution in [0.25, 0.3) is 0 Å². The lowest BCUT2D eigenvalue weighted by Crippen LogP contribution is -2.48. The van der Waals surface area contributed by atoms with Gasteiger partial charge in [-0.2, -0.15) is 5.10 Å². The van der Waals surface area contributed by atoms with Gasteiger partial charge in [-0.25, -0.2) is 4.79 Å². The van der Waals surface area contributed by atoms with Crippen LogP contribution < -0.4 is 10.6 Å². The number of urea groups is 1. The zero-order chi connectivity index (χ0) is 14.5. The lowest BCUT2D eigenvalue weighted by atomic mass is 9.99. The molecular weight excluding hydrogens is 282 g/mol. The SMILES string of the molecule is Cc1nn(C)c(Cl)c1CN1C(=O)NC2(CCNC2)C1=O. The Morgan fingerprint density at radius 1 is 1.45 bits per heavy atom. The minimum Gasteiger partial charge on any atom is -0.322 e. The molecule has 0 radical (unpaired) electrons.